The Morgan fingerprint density at radius 2 is 1.85 bits per heavy atom. The van der Waals surface area contributed by atoms with Crippen molar-refractivity contribution in [1.82, 2.24) is 19.9 Å². The molecule has 1 atom stereocenters. The minimum Gasteiger partial charge on any atom is -0.471 e. The smallest absolute Gasteiger partial charge is 0.417 e. The maximum absolute atomic E-state index is 13.3. The Balaban J connectivity index is 1.51. The number of rotatable bonds is 4. The lowest BCUT2D eigenvalue weighted by Crippen LogP contribution is -2.44. The number of carbonyl (C=O) groups excluding carboxylic acids is 1. The molecule has 6 nitrogen and oxygen atoms in total. The number of hydrogen-bond acceptors (Lipinski definition) is 5. The molecule has 1 aromatic carbocycles. The molecule has 1 unspecified atom stereocenters. The van der Waals surface area contributed by atoms with Gasteiger partial charge in [0, 0.05) is 18.3 Å². The van der Waals surface area contributed by atoms with E-state index in [-0.39, 0.29) is 29.2 Å². The Morgan fingerprint density at radius 1 is 1.12 bits per heavy atom. The monoisotopic (exact) mass is 480 g/mol. The van der Waals surface area contributed by atoms with E-state index in [1.54, 1.807) is 29.2 Å². The van der Waals surface area contributed by atoms with Gasteiger partial charge in [0.15, 0.2) is 11.6 Å². The number of carbonyl (C=O) groups is 1. The van der Waals surface area contributed by atoms with Gasteiger partial charge in [0.1, 0.15) is 11.1 Å². The van der Waals surface area contributed by atoms with Crippen molar-refractivity contribution in [1.29, 1.82) is 0 Å². The molecule has 0 spiro atoms. The molecule has 1 aliphatic rings. The van der Waals surface area contributed by atoms with Crippen LogP contribution < -0.4 is 4.74 Å². The van der Waals surface area contributed by atoms with Gasteiger partial charge in [-0.15, -0.1) is 0 Å². The molecule has 4 rings (SSSR count). The second-order valence-corrected chi connectivity index (χ2v) is 7.82. The van der Waals surface area contributed by atoms with E-state index in [1.165, 1.54) is 0 Å². The second-order valence-electron chi connectivity index (χ2n) is 7.41. The van der Waals surface area contributed by atoms with Gasteiger partial charge >= 0.3 is 6.18 Å². The molecule has 3 heterocycles. The SMILES string of the molecule is O=C(c1ccccc1-c1ncc(F)cn1)N1CCCC(Oc2ncc(C(F)(F)F)cc2Cl)C1. The Labute approximate surface area is 191 Å². The van der Waals surface area contributed by atoms with Crippen molar-refractivity contribution in [3.8, 4) is 17.3 Å². The van der Waals surface area contributed by atoms with Crippen LogP contribution in [0.15, 0.2) is 48.9 Å². The molecule has 0 saturated carbocycles. The quantitative estimate of drug-likeness (QED) is 0.490. The summed E-state index contributed by atoms with van der Waals surface area (Å²) in [6.07, 6.45) is -1.17. The number of halogens is 5. The molecular formula is C22H17ClF4N4O2. The summed E-state index contributed by atoms with van der Waals surface area (Å²) in [4.78, 5) is 26.4. The first-order chi connectivity index (χ1) is 15.7. The second kappa shape index (κ2) is 9.30. The van der Waals surface area contributed by atoms with Crippen molar-refractivity contribution < 1.29 is 27.1 Å². The molecule has 11 heteroatoms. The molecule has 0 N–H and O–H groups in total. The van der Waals surface area contributed by atoms with E-state index in [0.29, 0.717) is 36.7 Å². The average Bonchev–Trinajstić information content (AvgIpc) is 2.80. The third-order valence-electron chi connectivity index (χ3n) is 5.10. The van der Waals surface area contributed by atoms with Gasteiger partial charge in [0.2, 0.25) is 5.88 Å². The number of aromatic nitrogens is 3. The van der Waals surface area contributed by atoms with Crippen LogP contribution in [0, 0.1) is 5.82 Å². The van der Waals surface area contributed by atoms with E-state index < -0.39 is 23.7 Å². The normalized spacial score (nSPS) is 16.5. The molecule has 0 aliphatic carbocycles. The number of alkyl halides is 3. The fourth-order valence-corrected chi connectivity index (χ4v) is 3.74. The molecule has 1 aliphatic heterocycles. The van der Waals surface area contributed by atoms with Gasteiger partial charge in [0.05, 0.1) is 30.1 Å². The number of likely N-dealkylation sites (tertiary alicyclic amines) is 1. The summed E-state index contributed by atoms with van der Waals surface area (Å²) in [5.74, 6) is -0.789. The zero-order valence-corrected chi connectivity index (χ0v) is 17.8. The molecule has 2 aromatic heterocycles. The van der Waals surface area contributed by atoms with E-state index in [4.69, 9.17) is 16.3 Å². The number of benzene rings is 1. The molecule has 1 saturated heterocycles. The molecule has 3 aromatic rings. The third-order valence-corrected chi connectivity index (χ3v) is 5.37. The highest BCUT2D eigenvalue weighted by Crippen LogP contribution is 2.34. The lowest BCUT2D eigenvalue weighted by molar-refractivity contribution is -0.137. The van der Waals surface area contributed by atoms with Gasteiger partial charge in [-0.1, -0.05) is 29.8 Å². The number of ether oxygens (including phenoxy) is 1. The fraction of sp³-hybridized carbons (Fsp3) is 0.273. The topological polar surface area (TPSA) is 68.2 Å². The number of nitrogens with zero attached hydrogens (tertiary/aromatic N) is 4. The van der Waals surface area contributed by atoms with Gasteiger partial charge in [-0.2, -0.15) is 13.2 Å². The zero-order chi connectivity index (χ0) is 23.6. The van der Waals surface area contributed by atoms with Gasteiger partial charge < -0.3 is 9.64 Å². The van der Waals surface area contributed by atoms with Crippen LogP contribution in [0.3, 0.4) is 0 Å². The van der Waals surface area contributed by atoms with Crippen LogP contribution >= 0.6 is 11.6 Å². The zero-order valence-electron chi connectivity index (χ0n) is 17.0. The van der Waals surface area contributed by atoms with E-state index in [9.17, 15) is 22.4 Å². The Morgan fingerprint density at radius 3 is 2.55 bits per heavy atom. The van der Waals surface area contributed by atoms with Crippen molar-refractivity contribution in [3.05, 3.63) is 70.9 Å². The minimum absolute atomic E-state index is 0.121. The number of hydrogen-bond donors (Lipinski definition) is 0. The number of amides is 1. The van der Waals surface area contributed by atoms with Crippen molar-refractivity contribution >= 4 is 17.5 Å². The lowest BCUT2D eigenvalue weighted by Gasteiger charge is -2.33. The van der Waals surface area contributed by atoms with Crippen LogP contribution in [-0.4, -0.2) is 45.0 Å². The predicted octanol–water partition coefficient (Wildman–Crippen LogP) is 5.03. The minimum atomic E-state index is -4.56. The molecule has 0 radical (unpaired) electrons. The first-order valence-corrected chi connectivity index (χ1v) is 10.4. The van der Waals surface area contributed by atoms with E-state index in [1.807, 2.05) is 0 Å². The van der Waals surface area contributed by atoms with Crippen LogP contribution in [0.25, 0.3) is 11.4 Å². The van der Waals surface area contributed by atoms with Crippen molar-refractivity contribution in [3.63, 3.8) is 0 Å². The summed E-state index contributed by atoms with van der Waals surface area (Å²) in [6, 6.07) is 7.48. The van der Waals surface area contributed by atoms with E-state index >= 15 is 0 Å². The van der Waals surface area contributed by atoms with Crippen LogP contribution in [0.4, 0.5) is 17.6 Å². The molecular weight excluding hydrogens is 464 g/mol. The van der Waals surface area contributed by atoms with Crippen LogP contribution in [0.1, 0.15) is 28.8 Å². The maximum Gasteiger partial charge on any atom is 0.417 e. The number of pyridine rings is 1. The summed E-state index contributed by atoms with van der Waals surface area (Å²) in [5, 5.41) is -0.257. The predicted molar refractivity (Wildman–Crippen MR) is 111 cm³/mol. The van der Waals surface area contributed by atoms with Gasteiger partial charge in [-0.25, -0.2) is 19.3 Å². The van der Waals surface area contributed by atoms with Crippen molar-refractivity contribution in [2.75, 3.05) is 13.1 Å². The van der Waals surface area contributed by atoms with Crippen LogP contribution in [-0.2, 0) is 6.18 Å². The summed E-state index contributed by atoms with van der Waals surface area (Å²) in [5.41, 5.74) is -0.173. The van der Waals surface area contributed by atoms with Gasteiger partial charge in [-0.05, 0) is 25.0 Å². The molecule has 1 amide bonds. The highest BCUT2D eigenvalue weighted by molar-refractivity contribution is 6.31. The average molecular weight is 481 g/mol. The maximum atomic E-state index is 13.3. The van der Waals surface area contributed by atoms with Crippen LogP contribution in [0.2, 0.25) is 5.02 Å². The highest BCUT2D eigenvalue weighted by atomic mass is 35.5. The Bertz CT molecular complexity index is 1160. The Hall–Kier alpha value is -3.27. The van der Waals surface area contributed by atoms with E-state index in [0.717, 1.165) is 18.5 Å². The first kappa shape index (κ1) is 22.9. The van der Waals surface area contributed by atoms with Crippen molar-refractivity contribution in [2.45, 2.75) is 25.1 Å². The highest BCUT2D eigenvalue weighted by Gasteiger charge is 2.33. The summed E-state index contributed by atoms with van der Waals surface area (Å²) in [6.45, 7) is 0.655. The van der Waals surface area contributed by atoms with Gasteiger partial charge in [0.25, 0.3) is 5.91 Å². The molecule has 33 heavy (non-hydrogen) atoms. The standard InChI is InChI=1S/C22H17ClF4N4O2/c23-18-8-13(22(25,26)27)9-30-20(18)33-15-4-3-7-31(12-15)21(32)17-6-2-1-5-16(17)19-28-10-14(24)11-29-19/h1-2,5-6,8-11,15H,3-4,7,12H2. The van der Waals surface area contributed by atoms with Crippen LogP contribution in [0.5, 0.6) is 5.88 Å². The van der Waals surface area contributed by atoms with E-state index in [2.05, 4.69) is 15.0 Å². The Kier molecular flexibility index (Phi) is 6.46. The van der Waals surface area contributed by atoms with Crippen molar-refractivity contribution in [2.24, 2.45) is 0 Å². The third kappa shape index (κ3) is 5.22. The van der Waals surface area contributed by atoms with Gasteiger partial charge in [-0.3, -0.25) is 4.79 Å². The largest absolute Gasteiger partial charge is 0.471 e. The number of piperidine rings is 1. The molecule has 0 bridgehead atoms. The summed E-state index contributed by atoms with van der Waals surface area (Å²) < 4.78 is 57.4. The molecule has 1 fully saturated rings. The summed E-state index contributed by atoms with van der Waals surface area (Å²) in [7, 11) is 0. The summed E-state index contributed by atoms with van der Waals surface area (Å²) >= 11 is 5.94. The first-order valence-electron chi connectivity index (χ1n) is 9.98. The molecule has 172 valence electrons. The lowest BCUT2D eigenvalue weighted by atomic mass is 10.0. The fourth-order valence-electron chi connectivity index (χ4n) is 3.53.